The van der Waals surface area contributed by atoms with E-state index in [2.05, 4.69) is 110 Å². The number of nitrogens with zero attached hydrogens (tertiary/aromatic N) is 1. The molecule has 31 heavy (non-hydrogen) atoms. The van der Waals surface area contributed by atoms with Crippen molar-refractivity contribution in [2.24, 2.45) is 7.05 Å². The number of furan rings is 1. The van der Waals surface area contributed by atoms with Crippen LogP contribution in [-0.2, 0) is 7.05 Å². The summed E-state index contributed by atoms with van der Waals surface area (Å²) in [6.07, 6.45) is 2.08. The molecule has 0 saturated carbocycles. The lowest BCUT2D eigenvalue weighted by atomic mass is 9.98. The number of pyridine rings is 1. The van der Waals surface area contributed by atoms with Crippen LogP contribution in [0.4, 0.5) is 0 Å². The topological polar surface area (TPSA) is 17.0 Å². The first-order chi connectivity index (χ1) is 15.2. The number of hydrogen-bond acceptors (Lipinski definition) is 1. The summed E-state index contributed by atoms with van der Waals surface area (Å²) in [4.78, 5) is 0. The Morgan fingerprint density at radius 3 is 2.39 bits per heavy atom. The second-order valence-corrected chi connectivity index (χ2v) is 8.21. The Labute approximate surface area is 181 Å². The van der Waals surface area contributed by atoms with Crippen molar-refractivity contribution in [1.29, 1.82) is 0 Å². The van der Waals surface area contributed by atoms with E-state index in [1.54, 1.807) is 0 Å². The quantitative estimate of drug-likeness (QED) is 0.281. The van der Waals surface area contributed by atoms with E-state index in [0.29, 0.717) is 0 Å². The number of aryl methyl sites for hydroxylation is 2. The van der Waals surface area contributed by atoms with Crippen LogP contribution in [0.2, 0.25) is 0 Å². The number of benzene rings is 4. The maximum atomic E-state index is 6.50. The smallest absolute Gasteiger partial charge is 0.212 e. The highest BCUT2D eigenvalue weighted by atomic mass is 16.3. The van der Waals surface area contributed by atoms with Gasteiger partial charge >= 0.3 is 0 Å². The fraction of sp³-hybridized carbons (Fsp3) is 0.0690. The van der Waals surface area contributed by atoms with Gasteiger partial charge in [0.2, 0.25) is 5.69 Å². The van der Waals surface area contributed by atoms with E-state index in [1.807, 2.05) is 6.07 Å². The molecule has 0 bridgehead atoms. The van der Waals surface area contributed by atoms with Crippen molar-refractivity contribution in [3.05, 3.63) is 103 Å². The Hall–Kier alpha value is -3.91. The SMILES string of the molecule is Cc1cc2c(cc1-c1cccc[n+]1C)oc1c(-c3ccc4ccccc4c3)cccc12. The summed E-state index contributed by atoms with van der Waals surface area (Å²) >= 11 is 0. The largest absolute Gasteiger partial charge is 0.455 e. The molecular weight excluding hydrogens is 378 g/mol. The number of para-hydroxylation sites is 1. The predicted octanol–water partition coefficient (Wildman–Crippen LogP) is 7.21. The first kappa shape index (κ1) is 17.9. The molecule has 0 N–H and O–H groups in total. The van der Waals surface area contributed by atoms with E-state index in [9.17, 15) is 0 Å². The number of rotatable bonds is 2. The standard InChI is InChI=1S/C29H22NO/c1-19-16-26-24-11-7-10-23(22-14-13-20-8-3-4-9-21(20)17-22)29(24)31-28(26)18-25(19)27-12-5-6-15-30(27)2/h3-18H,1-2H3/q+1. The lowest BCUT2D eigenvalue weighted by molar-refractivity contribution is -0.660. The van der Waals surface area contributed by atoms with Crippen molar-refractivity contribution >= 4 is 32.7 Å². The summed E-state index contributed by atoms with van der Waals surface area (Å²) in [6, 6.07) is 32.2. The summed E-state index contributed by atoms with van der Waals surface area (Å²) in [7, 11) is 2.08. The lowest BCUT2D eigenvalue weighted by Gasteiger charge is -2.05. The van der Waals surface area contributed by atoms with Crippen LogP contribution in [0.5, 0.6) is 0 Å². The van der Waals surface area contributed by atoms with Crippen LogP contribution in [0.15, 0.2) is 102 Å². The van der Waals surface area contributed by atoms with Gasteiger partial charge in [-0.3, -0.25) is 0 Å². The molecule has 6 rings (SSSR count). The molecule has 148 valence electrons. The molecule has 0 unspecified atom stereocenters. The first-order valence-electron chi connectivity index (χ1n) is 10.6. The summed E-state index contributed by atoms with van der Waals surface area (Å²) in [5.41, 5.74) is 7.79. The van der Waals surface area contributed by atoms with E-state index in [0.717, 1.165) is 27.5 Å². The van der Waals surface area contributed by atoms with Crippen LogP contribution in [0.25, 0.3) is 55.1 Å². The lowest BCUT2D eigenvalue weighted by Crippen LogP contribution is -2.30. The zero-order chi connectivity index (χ0) is 20.9. The molecule has 2 heteroatoms. The zero-order valence-corrected chi connectivity index (χ0v) is 17.6. The van der Waals surface area contributed by atoms with Crippen molar-refractivity contribution in [1.82, 2.24) is 0 Å². The Bertz CT molecular complexity index is 1610. The minimum Gasteiger partial charge on any atom is -0.455 e. The van der Waals surface area contributed by atoms with Gasteiger partial charge in [0.25, 0.3) is 0 Å². The molecule has 2 aromatic heterocycles. The second kappa shape index (κ2) is 6.82. The molecule has 6 aromatic rings. The Balaban J connectivity index is 1.60. The maximum absolute atomic E-state index is 6.50. The maximum Gasteiger partial charge on any atom is 0.212 e. The summed E-state index contributed by atoms with van der Waals surface area (Å²) in [5.74, 6) is 0. The van der Waals surface area contributed by atoms with E-state index < -0.39 is 0 Å². The molecule has 4 aromatic carbocycles. The third-order valence-corrected chi connectivity index (χ3v) is 6.24. The minimum atomic E-state index is 0.924. The number of aromatic nitrogens is 1. The van der Waals surface area contributed by atoms with Crippen LogP contribution in [0.3, 0.4) is 0 Å². The fourth-order valence-corrected chi connectivity index (χ4v) is 4.62. The van der Waals surface area contributed by atoms with Gasteiger partial charge in [-0.25, -0.2) is 4.57 Å². The molecule has 0 amide bonds. The van der Waals surface area contributed by atoms with Gasteiger partial charge < -0.3 is 4.42 Å². The average Bonchev–Trinajstić information content (AvgIpc) is 3.16. The highest BCUT2D eigenvalue weighted by molar-refractivity contribution is 6.11. The average molecular weight is 401 g/mol. The van der Waals surface area contributed by atoms with E-state index >= 15 is 0 Å². The summed E-state index contributed by atoms with van der Waals surface area (Å²) in [6.45, 7) is 2.17. The van der Waals surface area contributed by atoms with Crippen molar-refractivity contribution in [3.63, 3.8) is 0 Å². The number of hydrogen-bond donors (Lipinski definition) is 0. The van der Waals surface area contributed by atoms with Gasteiger partial charge in [-0.05, 0) is 53.1 Å². The van der Waals surface area contributed by atoms with Crippen molar-refractivity contribution in [2.75, 3.05) is 0 Å². The molecule has 0 aliphatic carbocycles. The number of fused-ring (bicyclic) bond motifs is 4. The van der Waals surface area contributed by atoms with Gasteiger partial charge in [0.05, 0.1) is 5.56 Å². The summed E-state index contributed by atoms with van der Waals surface area (Å²) < 4.78 is 8.65. The third-order valence-electron chi connectivity index (χ3n) is 6.24. The Morgan fingerprint density at radius 1 is 0.677 bits per heavy atom. The molecule has 0 fully saturated rings. The van der Waals surface area contributed by atoms with Crippen LogP contribution in [-0.4, -0.2) is 0 Å². The monoisotopic (exact) mass is 400 g/mol. The van der Waals surface area contributed by atoms with E-state index in [4.69, 9.17) is 4.42 Å². The minimum absolute atomic E-state index is 0.924. The molecule has 2 nitrogen and oxygen atoms in total. The zero-order valence-electron chi connectivity index (χ0n) is 17.6. The van der Waals surface area contributed by atoms with Gasteiger partial charge in [0.15, 0.2) is 6.20 Å². The molecule has 0 atom stereocenters. The van der Waals surface area contributed by atoms with Crippen LogP contribution in [0, 0.1) is 6.92 Å². The molecule has 0 saturated heterocycles. The Morgan fingerprint density at radius 2 is 1.52 bits per heavy atom. The van der Waals surface area contributed by atoms with Crippen LogP contribution in [0.1, 0.15) is 5.56 Å². The second-order valence-electron chi connectivity index (χ2n) is 8.21. The Kier molecular flexibility index (Phi) is 3.94. The molecule has 0 radical (unpaired) electrons. The van der Waals surface area contributed by atoms with Gasteiger partial charge in [0.1, 0.15) is 18.2 Å². The van der Waals surface area contributed by atoms with Crippen LogP contribution < -0.4 is 4.57 Å². The molecule has 0 aliphatic rings. The van der Waals surface area contributed by atoms with Crippen LogP contribution >= 0.6 is 0 Å². The van der Waals surface area contributed by atoms with Gasteiger partial charge in [-0.15, -0.1) is 0 Å². The highest BCUT2D eigenvalue weighted by Gasteiger charge is 2.17. The van der Waals surface area contributed by atoms with Gasteiger partial charge in [-0.2, -0.15) is 0 Å². The molecular formula is C29H22NO+. The fourth-order valence-electron chi connectivity index (χ4n) is 4.62. The predicted molar refractivity (Wildman–Crippen MR) is 128 cm³/mol. The molecule has 2 heterocycles. The van der Waals surface area contributed by atoms with Crippen molar-refractivity contribution < 1.29 is 8.98 Å². The molecule has 0 spiro atoms. The van der Waals surface area contributed by atoms with Crippen molar-refractivity contribution in [3.8, 4) is 22.4 Å². The van der Waals surface area contributed by atoms with Crippen molar-refractivity contribution in [2.45, 2.75) is 6.92 Å². The van der Waals surface area contributed by atoms with E-state index in [1.165, 1.54) is 33.2 Å². The van der Waals surface area contributed by atoms with Gasteiger partial charge in [0, 0.05) is 28.5 Å². The van der Waals surface area contributed by atoms with Gasteiger partial charge in [-0.1, -0.05) is 54.6 Å². The first-order valence-corrected chi connectivity index (χ1v) is 10.6. The molecule has 0 aliphatic heterocycles. The summed E-state index contributed by atoms with van der Waals surface area (Å²) in [5, 5.41) is 4.81. The highest BCUT2D eigenvalue weighted by Crippen LogP contribution is 2.38. The third kappa shape index (κ3) is 2.83. The normalized spacial score (nSPS) is 11.5. The van der Waals surface area contributed by atoms with E-state index in [-0.39, 0.29) is 0 Å².